The summed E-state index contributed by atoms with van der Waals surface area (Å²) in [6.45, 7) is -2.19. The molecule has 0 spiro atoms. The SMILES string of the molecule is Cn1cc(NC(=O)Cn2ccc(C(F)(F)F)n2)c(OCC(F)(F)F)n1. The highest BCUT2D eigenvalue weighted by molar-refractivity contribution is 5.91. The van der Waals surface area contributed by atoms with Crippen molar-refractivity contribution in [2.24, 2.45) is 7.05 Å². The van der Waals surface area contributed by atoms with E-state index < -0.39 is 43.0 Å². The molecule has 0 fully saturated rings. The second-order valence-corrected chi connectivity index (χ2v) is 4.87. The van der Waals surface area contributed by atoms with Gasteiger partial charge in [-0.15, -0.1) is 5.10 Å². The summed E-state index contributed by atoms with van der Waals surface area (Å²) in [6.07, 6.45) is -7.11. The number of rotatable bonds is 5. The van der Waals surface area contributed by atoms with Gasteiger partial charge in [-0.05, 0) is 6.07 Å². The minimum atomic E-state index is -4.65. The smallest absolute Gasteiger partial charge is 0.435 e. The van der Waals surface area contributed by atoms with Gasteiger partial charge in [0.15, 0.2) is 12.3 Å². The fourth-order valence-electron chi connectivity index (χ4n) is 1.75. The third kappa shape index (κ3) is 5.39. The summed E-state index contributed by atoms with van der Waals surface area (Å²) in [5.41, 5.74) is -1.32. The van der Waals surface area contributed by atoms with Gasteiger partial charge < -0.3 is 10.1 Å². The van der Waals surface area contributed by atoms with E-state index in [0.717, 1.165) is 15.6 Å². The molecule has 2 rings (SSSR count). The molecule has 2 aromatic heterocycles. The number of carbonyl (C=O) groups is 1. The molecule has 0 radical (unpaired) electrons. The monoisotopic (exact) mass is 371 g/mol. The minimum Gasteiger partial charge on any atom is -0.465 e. The number of ether oxygens (including phenoxy) is 1. The maximum Gasteiger partial charge on any atom is 0.435 e. The van der Waals surface area contributed by atoms with Gasteiger partial charge >= 0.3 is 12.4 Å². The summed E-state index contributed by atoms with van der Waals surface area (Å²) in [4.78, 5) is 11.8. The molecule has 0 bridgehead atoms. The van der Waals surface area contributed by atoms with E-state index >= 15 is 0 Å². The van der Waals surface area contributed by atoms with Gasteiger partial charge in [0.25, 0.3) is 5.88 Å². The molecule has 0 atom stereocenters. The Hall–Kier alpha value is -2.73. The standard InChI is InChI=1S/C12H11F6N5O2/c1-22-4-7(10(21-22)25-6-11(13,14)15)19-9(24)5-23-3-2-8(20-23)12(16,17)18/h2-4H,5-6H2,1H3,(H,19,24). The first kappa shape index (κ1) is 18.6. The van der Waals surface area contributed by atoms with Crippen LogP contribution in [0.2, 0.25) is 0 Å². The van der Waals surface area contributed by atoms with Crippen LogP contribution in [-0.4, -0.2) is 38.3 Å². The molecule has 0 aliphatic heterocycles. The quantitative estimate of drug-likeness (QED) is 0.818. The molecule has 138 valence electrons. The summed E-state index contributed by atoms with van der Waals surface area (Å²) < 4.78 is 80.1. The second kappa shape index (κ2) is 6.64. The van der Waals surface area contributed by atoms with E-state index in [1.165, 1.54) is 13.2 Å². The van der Waals surface area contributed by atoms with Crippen molar-refractivity contribution in [2.75, 3.05) is 11.9 Å². The van der Waals surface area contributed by atoms with Crippen molar-refractivity contribution >= 4 is 11.6 Å². The van der Waals surface area contributed by atoms with Crippen molar-refractivity contribution in [3.8, 4) is 5.88 Å². The highest BCUT2D eigenvalue weighted by Crippen LogP contribution is 2.27. The summed E-state index contributed by atoms with van der Waals surface area (Å²) in [7, 11) is 1.39. The molecule has 0 aliphatic carbocycles. The molecule has 0 aliphatic rings. The van der Waals surface area contributed by atoms with Gasteiger partial charge in [0.05, 0.1) is 6.20 Å². The van der Waals surface area contributed by atoms with Gasteiger partial charge in [0.1, 0.15) is 12.2 Å². The maximum atomic E-state index is 12.4. The number of aryl methyl sites for hydroxylation is 1. The van der Waals surface area contributed by atoms with Crippen molar-refractivity contribution in [1.82, 2.24) is 19.6 Å². The predicted molar refractivity (Wildman–Crippen MR) is 70.6 cm³/mol. The van der Waals surface area contributed by atoms with E-state index in [1.807, 2.05) is 0 Å². The van der Waals surface area contributed by atoms with Crippen LogP contribution < -0.4 is 10.1 Å². The molecule has 13 heteroatoms. The summed E-state index contributed by atoms with van der Waals surface area (Å²) >= 11 is 0. The first-order valence-electron chi connectivity index (χ1n) is 6.58. The molecule has 0 unspecified atom stereocenters. The van der Waals surface area contributed by atoms with Gasteiger partial charge in [-0.2, -0.15) is 31.4 Å². The van der Waals surface area contributed by atoms with Crippen molar-refractivity contribution < 1.29 is 35.9 Å². The number of aromatic nitrogens is 4. The van der Waals surface area contributed by atoms with Crippen LogP contribution in [0.5, 0.6) is 5.88 Å². The zero-order valence-corrected chi connectivity index (χ0v) is 12.5. The Morgan fingerprint density at radius 2 is 1.92 bits per heavy atom. The van der Waals surface area contributed by atoms with Crippen molar-refractivity contribution in [3.63, 3.8) is 0 Å². The molecule has 0 saturated carbocycles. The number of nitrogens with one attached hydrogen (secondary N) is 1. The molecule has 7 nitrogen and oxygen atoms in total. The Bertz CT molecular complexity index is 748. The van der Waals surface area contributed by atoms with Gasteiger partial charge in [0.2, 0.25) is 5.91 Å². The van der Waals surface area contributed by atoms with Crippen LogP contribution in [0.4, 0.5) is 32.0 Å². The third-order valence-corrected chi connectivity index (χ3v) is 2.68. The predicted octanol–water partition coefficient (Wildman–Crippen LogP) is 2.22. The Balaban J connectivity index is 2.02. The minimum absolute atomic E-state index is 0.153. The van der Waals surface area contributed by atoms with Crippen molar-refractivity contribution in [3.05, 3.63) is 24.2 Å². The van der Waals surface area contributed by atoms with E-state index in [1.54, 1.807) is 0 Å². The lowest BCUT2D eigenvalue weighted by molar-refractivity contribution is -0.154. The zero-order valence-electron chi connectivity index (χ0n) is 12.5. The molecule has 1 N–H and O–H groups in total. The fourth-order valence-corrected chi connectivity index (χ4v) is 1.75. The Kier molecular flexibility index (Phi) is 4.94. The van der Waals surface area contributed by atoms with E-state index in [0.29, 0.717) is 6.07 Å². The largest absolute Gasteiger partial charge is 0.465 e. The topological polar surface area (TPSA) is 74.0 Å². The Morgan fingerprint density at radius 1 is 1.24 bits per heavy atom. The molecule has 2 heterocycles. The lowest BCUT2D eigenvalue weighted by Crippen LogP contribution is -2.22. The van der Waals surface area contributed by atoms with Crippen LogP contribution >= 0.6 is 0 Å². The van der Waals surface area contributed by atoms with Crippen LogP contribution in [0.3, 0.4) is 0 Å². The number of alkyl halides is 6. The van der Waals surface area contributed by atoms with Crippen LogP contribution in [0, 0.1) is 0 Å². The highest BCUT2D eigenvalue weighted by atomic mass is 19.4. The number of hydrogen-bond donors (Lipinski definition) is 1. The fraction of sp³-hybridized carbons (Fsp3) is 0.417. The maximum absolute atomic E-state index is 12.4. The highest BCUT2D eigenvalue weighted by Gasteiger charge is 2.33. The van der Waals surface area contributed by atoms with E-state index in [4.69, 9.17) is 0 Å². The Morgan fingerprint density at radius 3 is 2.48 bits per heavy atom. The Labute approximate surface area is 136 Å². The molecule has 0 saturated heterocycles. The normalized spacial score (nSPS) is 12.3. The van der Waals surface area contributed by atoms with Crippen molar-refractivity contribution in [2.45, 2.75) is 18.9 Å². The van der Waals surface area contributed by atoms with E-state index in [9.17, 15) is 31.1 Å². The molecule has 1 amide bonds. The summed E-state index contributed by atoms with van der Waals surface area (Å²) in [5.74, 6) is -1.29. The molecule has 2 aromatic rings. The number of halogens is 6. The lowest BCUT2D eigenvalue weighted by atomic mass is 10.4. The second-order valence-electron chi connectivity index (χ2n) is 4.87. The molecular weight excluding hydrogens is 360 g/mol. The van der Waals surface area contributed by atoms with E-state index in [2.05, 4.69) is 20.3 Å². The van der Waals surface area contributed by atoms with Gasteiger partial charge in [-0.25, -0.2) is 0 Å². The van der Waals surface area contributed by atoms with Crippen LogP contribution in [0.15, 0.2) is 18.5 Å². The summed E-state index contributed by atoms with van der Waals surface area (Å²) in [5, 5.41) is 9.02. The number of carbonyl (C=O) groups excluding carboxylic acids is 1. The van der Waals surface area contributed by atoms with Crippen LogP contribution in [0.1, 0.15) is 5.69 Å². The van der Waals surface area contributed by atoms with Crippen molar-refractivity contribution in [1.29, 1.82) is 0 Å². The third-order valence-electron chi connectivity index (χ3n) is 2.68. The average molecular weight is 371 g/mol. The number of nitrogens with zero attached hydrogens (tertiary/aromatic N) is 4. The average Bonchev–Trinajstić information content (AvgIpc) is 3.02. The number of hydrogen-bond acceptors (Lipinski definition) is 4. The van der Waals surface area contributed by atoms with Gasteiger partial charge in [-0.1, -0.05) is 0 Å². The first-order chi connectivity index (χ1) is 11.4. The van der Waals surface area contributed by atoms with Crippen LogP contribution in [-0.2, 0) is 24.6 Å². The van der Waals surface area contributed by atoms with E-state index in [-0.39, 0.29) is 5.69 Å². The lowest BCUT2D eigenvalue weighted by Gasteiger charge is -2.09. The zero-order chi connectivity index (χ0) is 18.8. The first-order valence-corrected chi connectivity index (χ1v) is 6.58. The number of amides is 1. The summed E-state index contributed by atoms with van der Waals surface area (Å²) in [6, 6.07) is 0.690. The molecule has 25 heavy (non-hydrogen) atoms. The van der Waals surface area contributed by atoms with Crippen LogP contribution in [0.25, 0.3) is 0 Å². The molecule has 0 aromatic carbocycles. The van der Waals surface area contributed by atoms with Gasteiger partial charge in [-0.3, -0.25) is 14.2 Å². The number of anilines is 1. The van der Waals surface area contributed by atoms with Gasteiger partial charge in [0, 0.05) is 13.2 Å². The molecular formula is C12H11F6N5O2.